The van der Waals surface area contributed by atoms with Crippen LogP contribution >= 0.6 is 0 Å². The molecule has 19 heavy (non-hydrogen) atoms. The molecule has 1 aromatic carbocycles. The smallest absolute Gasteiger partial charge is 0.304 e. The topological polar surface area (TPSA) is 94.1 Å². The van der Waals surface area contributed by atoms with Gasteiger partial charge in [0, 0.05) is 25.6 Å². The van der Waals surface area contributed by atoms with Gasteiger partial charge >= 0.3 is 5.69 Å². The Kier molecular flexibility index (Phi) is 4.14. The molecule has 0 unspecified atom stereocenters. The van der Waals surface area contributed by atoms with Gasteiger partial charge in [0.25, 0.3) is 0 Å². The summed E-state index contributed by atoms with van der Waals surface area (Å²) in [5, 5.41) is 17.2. The number of halogens is 1. The lowest BCUT2D eigenvalue weighted by molar-refractivity contribution is -0.387. The minimum absolute atomic E-state index is 0.409. The minimum atomic E-state index is -0.831. The van der Waals surface area contributed by atoms with Crippen molar-refractivity contribution in [3.8, 4) is 0 Å². The molecule has 2 aromatic rings. The predicted octanol–water partition coefficient (Wildman–Crippen LogP) is 1.45. The van der Waals surface area contributed by atoms with E-state index in [2.05, 4.69) is 20.0 Å². The van der Waals surface area contributed by atoms with Gasteiger partial charge in [-0.2, -0.15) is 9.37 Å². The van der Waals surface area contributed by atoms with Gasteiger partial charge in [-0.25, -0.2) is 0 Å². The van der Waals surface area contributed by atoms with Gasteiger partial charge in [-0.3, -0.25) is 10.1 Å². The summed E-state index contributed by atoms with van der Waals surface area (Å²) in [6.07, 6.45) is 1.84. The van der Waals surface area contributed by atoms with Crippen molar-refractivity contribution in [2.45, 2.75) is 13.0 Å². The molecule has 0 aliphatic heterocycles. The lowest BCUT2D eigenvalue weighted by atomic mass is 10.2. The maximum atomic E-state index is 13.3. The fraction of sp³-hybridized carbons (Fsp3) is 0.273. The zero-order valence-electron chi connectivity index (χ0n) is 9.88. The van der Waals surface area contributed by atoms with Crippen LogP contribution in [0.15, 0.2) is 29.1 Å². The molecule has 0 aliphatic carbocycles. The summed E-state index contributed by atoms with van der Waals surface area (Å²) in [6, 6.07) is 3.83. The second-order valence-electron chi connectivity index (χ2n) is 3.82. The number of hydrogen-bond acceptors (Lipinski definition) is 6. The molecule has 100 valence electrons. The number of rotatable bonds is 6. The number of nitro groups is 1. The van der Waals surface area contributed by atoms with Crippen LogP contribution in [0.3, 0.4) is 0 Å². The van der Waals surface area contributed by atoms with Gasteiger partial charge in [0.05, 0.1) is 4.92 Å². The summed E-state index contributed by atoms with van der Waals surface area (Å²) in [4.78, 5) is 13.6. The van der Waals surface area contributed by atoms with Crippen molar-refractivity contribution >= 4 is 5.69 Å². The second-order valence-corrected chi connectivity index (χ2v) is 3.82. The molecule has 0 saturated heterocycles. The largest absolute Gasteiger partial charge is 0.343 e. The van der Waals surface area contributed by atoms with Gasteiger partial charge < -0.3 is 9.84 Å². The van der Waals surface area contributed by atoms with E-state index in [1.54, 1.807) is 0 Å². The van der Waals surface area contributed by atoms with Crippen LogP contribution in [-0.4, -0.2) is 21.6 Å². The van der Waals surface area contributed by atoms with Crippen molar-refractivity contribution in [2.75, 3.05) is 6.54 Å². The third kappa shape index (κ3) is 3.55. The van der Waals surface area contributed by atoms with E-state index in [9.17, 15) is 14.5 Å². The van der Waals surface area contributed by atoms with Crippen molar-refractivity contribution in [3.63, 3.8) is 0 Å². The normalized spacial score (nSPS) is 10.6. The first kappa shape index (κ1) is 13.1. The molecular weight excluding hydrogens is 255 g/mol. The Morgan fingerprint density at radius 2 is 2.32 bits per heavy atom. The number of nitro benzene ring substituents is 1. The maximum absolute atomic E-state index is 13.3. The molecule has 0 radical (unpaired) electrons. The average Bonchev–Trinajstić information content (AvgIpc) is 2.87. The highest BCUT2D eigenvalue weighted by molar-refractivity contribution is 5.34. The lowest BCUT2D eigenvalue weighted by Gasteiger charge is -2.03. The Balaban J connectivity index is 1.83. The first-order valence-electron chi connectivity index (χ1n) is 5.55. The molecule has 0 atom stereocenters. The van der Waals surface area contributed by atoms with E-state index in [0.717, 1.165) is 12.1 Å². The third-order valence-electron chi connectivity index (χ3n) is 2.47. The van der Waals surface area contributed by atoms with E-state index in [0.29, 0.717) is 30.9 Å². The first-order valence-corrected chi connectivity index (χ1v) is 5.55. The van der Waals surface area contributed by atoms with Gasteiger partial charge in [-0.05, 0) is 11.6 Å². The van der Waals surface area contributed by atoms with Crippen LogP contribution in [-0.2, 0) is 13.0 Å². The summed E-state index contributed by atoms with van der Waals surface area (Å²) in [7, 11) is 0. The number of benzene rings is 1. The second kappa shape index (κ2) is 6.01. The molecule has 2 rings (SSSR count). The van der Waals surface area contributed by atoms with Crippen molar-refractivity contribution in [3.05, 3.63) is 51.9 Å². The molecule has 0 amide bonds. The van der Waals surface area contributed by atoms with E-state index in [-0.39, 0.29) is 0 Å². The number of nitrogens with one attached hydrogen (secondary N) is 1. The molecule has 0 spiro atoms. The lowest BCUT2D eigenvalue weighted by Crippen LogP contribution is -2.17. The minimum Gasteiger partial charge on any atom is -0.343 e. The Bertz CT molecular complexity index is 559. The van der Waals surface area contributed by atoms with E-state index < -0.39 is 16.4 Å². The summed E-state index contributed by atoms with van der Waals surface area (Å²) >= 11 is 0. The van der Waals surface area contributed by atoms with Crippen LogP contribution in [0, 0.1) is 15.9 Å². The Hall–Kier alpha value is -2.35. The zero-order chi connectivity index (χ0) is 13.7. The molecule has 0 bridgehead atoms. The molecule has 7 nitrogen and oxygen atoms in total. The summed E-state index contributed by atoms with van der Waals surface area (Å²) in [5.74, 6) is -0.246. The molecule has 1 heterocycles. The SMILES string of the molecule is O=[N+]([O-])c1ccc(CNCCc2ncon2)cc1F. The van der Waals surface area contributed by atoms with Crippen LogP contribution in [0.25, 0.3) is 0 Å². The fourth-order valence-corrected chi connectivity index (χ4v) is 1.54. The van der Waals surface area contributed by atoms with Gasteiger partial charge in [-0.1, -0.05) is 11.2 Å². The first-order chi connectivity index (χ1) is 9.16. The van der Waals surface area contributed by atoms with Gasteiger partial charge in [-0.15, -0.1) is 0 Å². The van der Waals surface area contributed by atoms with Crippen molar-refractivity contribution < 1.29 is 13.8 Å². The van der Waals surface area contributed by atoms with Gasteiger partial charge in [0.2, 0.25) is 12.2 Å². The molecule has 0 fully saturated rings. The van der Waals surface area contributed by atoms with E-state index in [1.807, 2.05) is 0 Å². The summed E-state index contributed by atoms with van der Waals surface area (Å²) in [6.45, 7) is 1.00. The van der Waals surface area contributed by atoms with Gasteiger partial charge in [0.1, 0.15) is 0 Å². The molecule has 0 aliphatic rings. The zero-order valence-corrected chi connectivity index (χ0v) is 9.88. The summed E-state index contributed by atoms with van der Waals surface area (Å²) in [5.41, 5.74) is 0.117. The van der Waals surface area contributed by atoms with Gasteiger partial charge in [0.15, 0.2) is 5.82 Å². The Labute approximate surface area is 107 Å². The molecular formula is C11H11FN4O3. The predicted molar refractivity (Wildman–Crippen MR) is 62.8 cm³/mol. The number of aromatic nitrogens is 2. The molecule has 1 N–H and O–H groups in total. The van der Waals surface area contributed by atoms with Crippen LogP contribution < -0.4 is 5.32 Å². The molecule has 0 saturated carbocycles. The Morgan fingerprint density at radius 3 is 2.95 bits per heavy atom. The van der Waals surface area contributed by atoms with Crippen molar-refractivity contribution in [1.82, 2.24) is 15.5 Å². The van der Waals surface area contributed by atoms with Crippen LogP contribution in [0.5, 0.6) is 0 Å². The van der Waals surface area contributed by atoms with Crippen molar-refractivity contribution in [2.24, 2.45) is 0 Å². The fourth-order valence-electron chi connectivity index (χ4n) is 1.54. The Morgan fingerprint density at radius 1 is 1.47 bits per heavy atom. The van der Waals surface area contributed by atoms with E-state index >= 15 is 0 Å². The number of nitrogens with zero attached hydrogens (tertiary/aromatic N) is 3. The standard InChI is InChI=1S/C11H11FN4O3/c12-9-5-8(1-2-10(9)16(17)18)6-13-4-3-11-14-7-19-15-11/h1-2,5,7,13H,3-4,6H2. The highest BCUT2D eigenvalue weighted by Crippen LogP contribution is 2.17. The van der Waals surface area contributed by atoms with Crippen LogP contribution in [0.4, 0.5) is 10.1 Å². The average molecular weight is 266 g/mol. The maximum Gasteiger partial charge on any atom is 0.304 e. The molecule has 8 heteroatoms. The molecule has 1 aromatic heterocycles. The highest BCUT2D eigenvalue weighted by Gasteiger charge is 2.13. The van der Waals surface area contributed by atoms with Crippen LogP contribution in [0.1, 0.15) is 11.4 Å². The number of hydrogen-bond donors (Lipinski definition) is 1. The third-order valence-corrected chi connectivity index (χ3v) is 2.47. The quantitative estimate of drug-likeness (QED) is 0.483. The van der Waals surface area contributed by atoms with Crippen LogP contribution in [0.2, 0.25) is 0 Å². The van der Waals surface area contributed by atoms with Crippen molar-refractivity contribution in [1.29, 1.82) is 0 Å². The highest BCUT2D eigenvalue weighted by atomic mass is 19.1. The van der Waals surface area contributed by atoms with E-state index in [1.165, 1.54) is 12.5 Å². The van der Waals surface area contributed by atoms with E-state index in [4.69, 9.17) is 0 Å². The monoisotopic (exact) mass is 266 g/mol. The summed E-state index contributed by atoms with van der Waals surface area (Å²) < 4.78 is 17.9.